The summed E-state index contributed by atoms with van der Waals surface area (Å²) in [6, 6.07) is 12.4. The number of carbonyl (C=O) groups is 1. The maximum Gasteiger partial charge on any atom is 0.225 e. The molecular weight excluding hydrogens is 382 g/mol. The van der Waals surface area contributed by atoms with Gasteiger partial charge in [-0.2, -0.15) is 0 Å². The first kappa shape index (κ1) is 19.6. The molecular formula is C22H27N5OS. The lowest BCUT2D eigenvalue weighted by molar-refractivity contribution is -0.125. The van der Waals surface area contributed by atoms with Crippen molar-refractivity contribution in [1.82, 2.24) is 20.1 Å². The summed E-state index contributed by atoms with van der Waals surface area (Å²) in [5.74, 6) is 0.106. The maximum absolute atomic E-state index is 12.8. The van der Waals surface area contributed by atoms with Crippen LogP contribution in [0.15, 0.2) is 36.4 Å². The quantitative estimate of drug-likeness (QED) is 0.696. The largest absolute Gasteiger partial charge is 0.352 e. The number of benzene rings is 1. The van der Waals surface area contributed by atoms with Crippen LogP contribution in [0.5, 0.6) is 0 Å². The number of piperidine rings is 1. The second-order valence-electron chi connectivity index (χ2n) is 7.75. The van der Waals surface area contributed by atoms with E-state index in [4.69, 9.17) is 0 Å². The Balaban J connectivity index is 1.41. The Morgan fingerprint density at radius 3 is 2.59 bits per heavy atom. The average Bonchev–Trinajstić information content (AvgIpc) is 3.33. The first-order valence-corrected chi connectivity index (χ1v) is 10.9. The number of anilines is 1. The summed E-state index contributed by atoms with van der Waals surface area (Å²) in [5.41, 5.74) is 4.67. The second kappa shape index (κ2) is 8.37. The number of hydrogen-bond donors (Lipinski definition) is 1. The normalized spacial score (nSPS) is 16.8. The molecule has 0 aliphatic carbocycles. The molecule has 1 aliphatic heterocycles. The van der Waals surface area contributed by atoms with Crippen LogP contribution in [0.1, 0.15) is 35.4 Å². The van der Waals surface area contributed by atoms with E-state index in [2.05, 4.69) is 70.0 Å². The number of hydrogen-bond acceptors (Lipinski definition) is 5. The molecule has 0 radical (unpaired) electrons. The van der Waals surface area contributed by atoms with Crippen molar-refractivity contribution in [2.75, 3.05) is 18.0 Å². The molecule has 1 aliphatic rings. The molecule has 0 spiro atoms. The fourth-order valence-corrected chi connectivity index (χ4v) is 4.90. The molecule has 0 saturated carbocycles. The zero-order chi connectivity index (χ0) is 20.4. The monoisotopic (exact) mass is 409 g/mol. The van der Waals surface area contributed by atoms with E-state index in [-0.39, 0.29) is 11.8 Å². The van der Waals surface area contributed by atoms with Crippen LogP contribution in [0.3, 0.4) is 0 Å². The molecule has 0 unspecified atom stereocenters. The molecule has 1 atom stereocenters. The van der Waals surface area contributed by atoms with Gasteiger partial charge in [-0.1, -0.05) is 35.6 Å². The summed E-state index contributed by atoms with van der Waals surface area (Å²) in [7, 11) is 0. The molecule has 152 valence electrons. The first-order chi connectivity index (χ1) is 14.0. The standard InChI is InChI=1S/C22H27N5OS/c1-15-7-4-5-8-18(15)13-23-20(28)19-9-6-12-26(14-19)21-24-25-22(29-21)27-16(2)10-11-17(27)3/h4-5,7-8,10-11,19H,6,9,12-14H2,1-3H3,(H,23,28)/t19-/m0/s1. The zero-order valence-corrected chi connectivity index (χ0v) is 18.0. The molecule has 2 aromatic heterocycles. The SMILES string of the molecule is Cc1ccccc1CNC(=O)[C@H]1CCCN(c2nnc(-n3c(C)ccc3C)s2)C1. The molecule has 3 aromatic rings. The number of carbonyl (C=O) groups excluding carboxylic acids is 1. The van der Waals surface area contributed by atoms with E-state index < -0.39 is 0 Å². The van der Waals surface area contributed by atoms with Gasteiger partial charge in [-0.05, 0) is 56.9 Å². The van der Waals surface area contributed by atoms with Gasteiger partial charge in [-0.25, -0.2) is 0 Å². The highest BCUT2D eigenvalue weighted by molar-refractivity contribution is 7.17. The van der Waals surface area contributed by atoms with Crippen molar-refractivity contribution < 1.29 is 4.79 Å². The fourth-order valence-electron chi connectivity index (χ4n) is 3.90. The average molecular weight is 410 g/mol. The summed E-state index contributed by atoms with van der Waals surface area (Å²) in [5, 5.41) is 13.7. The van der Waals surface area contributed by atoms with Gasteiger partial charge >= 0.3 is 0 Å². The molecule has 1 saturated heterocycles. The van der Waals surface area contributed by atoms with Crippen molar-refractivity contribution in [2.24, 2.45) is 5.92 Å². The number of nitrogens with zero attached hydrogens (tertiary/aromatic N) is 4. The van der Waals surface area contributed by atoms with E-state index in [1.54, 1.807) is 11.3 Å². The minimum absolute atomic E-state index is 0.0184. The third-order valence-electron chi connectivity index (χ3n) is 5.64. The summed E-state index contributed by atoms with van der Waals surface area (Å²) >= 11 is 1.59. The highest BCUT2D eigenvalue weighted by Gasteiger charge is 2.28. The maximum atomic E-state index is 12.8. The molecule has 0 bridgehead atoms. The highest BCUT2D eigenvalue weighted by atomic mass is 32.1. The van der Waals surface area contributed by atoms with Crippen LogP contribution in [-0.4, -0.2) is 33.8 Å². The van der Waals surface area contributed by atoms with E-state index >= 15 is 0 Å². The van der Waals surface area contributed by atoms with Crippen LogP contribution in [0.4, 0.5) is 5.13 Å². The summed E-state index contributed by atoms with van der Waals surface area (Å²) in [6.45, 7) is 8.41. The predicted molar refractivity (Wildman–Crippen MR) is 117 cm³/mol. The second-order valence-corrected chi connectivity index (χ2v) is 8.68. The van der Waals surface area contributed by atoms with Crippen LogP contribution in [0.2, 0.25) is 0 Å². The first-order valence-electron chi connectivity index (χ1n) is 10.1. The van der Waals surface area contributed by atoms with Gasteiger partial charge in [0.1, 0.15) is 0 Å². The van der Waals surface area contributed by atoms with Gasteiger partial charge in [-0.15, -0.1) is 10.2 Å². The van der Waals surface area contributed by atoms with Crippen molar-refractivity contribution in [1.29, 1.82) is 0 Å². The minimum Gasteiger partial charge on any atom is -0.352 e. The van der Waals surface area contributed by atoms with Gasteiger partial charge in [0.25, 0.3) is 0 Å². The van der Waals surface area contributed by atoms with Gasteiger partial charge in [0.05, 0.1) is 5.92 Å². The van der Waals surface area contributed by atoms with Crippen LogP contribution in [-0.2, 0) is 11.3 Å². The third-order valence-corrected chi connectivity index (χ3v) is 6.61. The van der Waals surface area contributed by atoms with Crippen LogP contribution >= 0.6 is 11.3 Å². The van der Waals surface area contributed by atoms with E-state index in [9.17, 15) is 4.79 Å². The summed E-state index contributed by atoms with van der Waals surface area (Å²) < 4.78 is 2.12. The summed E-state index contributed by atoms with van der Waals surface area (Å²) in [6.07, 6.45) is 1.90. The van der Waals surface area contributed by atoms with Crippen molar-refractivity contribution in [3.05, 3.63) is 58.9 Å². The Morgan fingerprint density at radius 1 is 1.10 bits per heavy atom. The molecule has 3 heterocycles. The Bertz CT molecular complexity index is 989. The lowest BCUT2D eigenvalue weighted by Crippen LogP contribution is -2.43. The van der Waals surface area contributed by atoms with E-state index in [0.29, 0.717) is 13.1 Å². The lowest BCUT2D eigenvalue weighted by atomic mass is 9.97. The zero-order valence-electron chi connectivity index (χ0n) is 17.2. The van der Waals surface area contributed by atoms with Crippen LogP contribution < -0.4 is 10.2 Å². The molecule has 1 fully saturated rings. The van der Waals surface area contributed by atoms with Crippen molar-refractivity contribution in [2.45, 2.75) is 40.2 Å². The Labute approximate surface area is 175 Å². The smallest absolute Gasteiger partial charge is 0.225 e. The molecule has 7 heteroatoms. The molecule has 6 nitrogen and oxygen atoms in total. The number of nitrogens with one attached hydrogen (secondary N) is 1. The van der Waals surface area contributed by atoms with Gasteiger partial charge in [0.15, 0.2) is 0 Å². The Hall–Kier alpha value is -2.67. The van der Waals surface area contributed by atoms with E-state index in [1.807, 2.05) is 12.1 Å². The predicted octanol–water partition coefficient (Wildman–Crippen LogP) is 3.79. The number of aromatic nitrogens is 3. The molecule has 1 N–H and O–H groups in total. The van der Waals surface area contributed by atoms with E-state index in [0.717, 1.165) is 41.0 Å². The number of aryl methyl sites for hydroxylation is 3. The minimum atomic E-state index is -0.0184. The van der Waals surface area contributed by atoms with Gasteiger partial charge < -0.3 is 10.2 Å². The highest BCUT2D eigenvalue weighted by Crippen LogP contribution is 2.29. The fraction of sp³-hybridized carbons (Fsp3) is 0.409. The Kier molecular flexibility index (Phi) is 5.67. The van der Waals surface area contributed by atoms with Crippen molar-refractivity contribution in [3.63, 3.8) is 0 Å². The van der Waals surface area contributed by atoms with Gasteiger partial charge in [0.2, 0.25) is 16.2 Å². The van der Waals surface area contributed by atoms with Crippen LogP contribution in [0.25, 0.3) is 5.13 Å². The molecule has 4 rings (SSSR count). The van der Waals surface area contributed by atoms with E-state index in [1.165, 1.54) is 11.1 Å². The number of amides is 1. The van der Waals surface area contributed by atoms with Crippen LogP contribution in [0, 0.1) is 26.7 Å². The molecule has 29 heavy (non-hydrogen) atoms. The number of rotatable bonds is 5. The molecule has 1 amide bonds. The Morgan fingerprint density at radius 2 is 1.83 bits per heavy atom. The third kappa shape index (κ3) is 4.19. The topological polar surface area (TPSA) is 63.1 Å². The van der Waals surface area contributed by atoms with Gasteiger partial charge in [0, 0.05) is 31.0 Å². The lowest BCUT2D eigenvalue weighted by Gasteiger charge is -2.31. The molecule has 1 aromatic carbocycles. The van der Waals surface area contributed by atoms with Gasteiger partial charge in [-0.3, -0.25) is 9.36 Å². The van der Waals surface area contributed by atoms with Crippen molar-refractivity contribution >= 4 is 22.4 Å². The summed E-state index contributed by atoms with van der Waals surface area (Å²) in [4.78, 5) is 15.0. The van der Waals surface area contributed by atoms with Crippen molar-refractivity contribution in [3.8, 4) is 5.13 Å².